The molecule has 24 heavy (non-hydrogen) atoms. The van der Waals surface area contributed by atoms with Crippen molar-refractivity contribution in [1.82, 2.24) is 10.3 Å². The fraction of sp³-hybridized carbons (Fsp3) is 0.263. The van der Waals surface area contributed by atoms with E-state index in [-0.39, 0.29) is 11.8 Å². The highest BCUT2D eigenvalue weighted by atomic mass is 32.1. The maximum atomic E-state index is 12.4. The maximum Gasteiger partial charge on any atom is 0.226 e. The number of amides is 1. The number of fused-ring (bicyclic) bond motifs is 2. The van der Waals surface area contributed by atoms with Crippen LogP contribution in [0.4, 0.5) is 0 Å². The zero-order valence-corrected chi connectivity index (χ0v) is 14.0. The van der Waals surface area contributed by atoms with Crippen molar-refractivity contribution in [2.45, 2.75) is 12.8 Å². The van der Waals surface area contributed by atoms with Crippen molar-refractivity contribution < 1.29 is 9.53 Å². The van der Waals surface area contributed by atoms with Crippen LogP contribution in [0.25, 0.3) is 10.2 Å². The molecule has 4 nitrogen and oxygen atoms in total. The van der Waals surface area contributed by atoms with Gasteiger partial charge in [-0.25, -0.2) is 4.98 Å². The van der Waals surface area contributed by atoms with Gasteiger partial charge in [0.2, 0.25) is 5.91 Å². The summed E-state index contributed by atoms with van der Waals surface area (Å²) in [6.07, 6.45) is 1.50. The highest BCUT2D eigenvalue weighted by molar-refractivity contribution is 7.18. The van der Waals surface area contributed by atoms with E-state index in [0.717, 1.165) is 34.7 Å². The lowest BCUT2D eigenvalue weighted by Gasteiger charge is -2.24. The topological polar surface area (TPSA) is 51.2 Å². The van der Waals surface area contributed by atoms with Gasteiger partial charge in [-0.3, -0.25) is 4.79 Å². The number of nitrogens with one attached hydrogen (secondary N) is 1. The second-order valence-electron chi connectivity index (χ2n) is 5.94. The molecule has 1 aliphatic heterocycles. The molecule has 5 heteroatoms. The van der Waals surface area contributed by atoms with Crippen molar-refractivity contribution in [2.75, 3.05) is 13.2 Å². The Kier molecular flexibility index (Phi) is 4.17. The molecule has 1 aromatic heterocycles. The fourth-order valence-corrected chi connectivity index (χ4v) is 3.93. The zero-order chi connectivity index (χ0) is 16.4. The molecule has 1 unspecified atom stereocenters. The lowest BCUT2D eigenvalue weighted by atomic mass is 9.96. The smallest absolute Gasteiger partial charge is 0.226 e. The van der Waals surface area contributed by atoms with Crippen LogP contribution in [0.5, 0.6) is 5.75 Å². The van der Waals surface area contributed by atoms with Crippen LogP contribution in [-0.2, 0) is 17.6 Å². The first kappa shape index (κ1) is 15.1. The summed E-state index contributed by atoms with van der Waals surface area (Å²) in [5, 5.41) is 4.08. The molecular weight excluding hydrogens is 320 g/mol. The monoisotopic (exact) mass is 338 g/mol. The number of benzene rings is 2. The lowest BCUT2D eigenvalue weighted by molar-refractivity contribution is -0.126. The third-order valence-electron chi connectivity index (χ3n) is 4.23. The average molecular weight is 338 g/mol. The van der Waals surface area contributed by atoms with E-state index in [2.05, 4.69) is 16.4 Å². The van der Waals surface area contributed by atoms with Crippen LogP contribution in [0.15, 0.2) is 48.5 Å². The second-order valence-corrected chi connectivity index (χ2v) is 7.05. The van der Waals surface area contributed by atoms with Crippen molar-refractivity contribution >= 4 is 27.5 Å². The SMILES string of the molecule is O=C(NCCc1nc2ccccc2s1)C1COc2ccccc2C1. The van der Waals surface area contributed by atoms with Crippen molar-refractivity contribution in [3.63, 3.8) is 0 Å². The van der Waals surface area contributed by atoms with Gasteiger partial charge in [-0.05, 0) is 30.2 Å². The number of rotatable bonds is 4. The first-order valence-corrected chi connectivity index (χ1v) is 8.94. The maximum absolute atomic E-state index is 12.4. The minimum absolute atomic E-state index is 0.0608. The van der Waals surface area contributed by atoms with Gasteiger partial charge in [0.15, 0.2) is 0 Å². The molecule has 0 spiro atoms. The van der Waals surface area contributed by atoms with E-state index in [4.69, 9.17) is 4.74 Å². The summed E-state index contributed by atoms with van der Waals surface area (Å²) in [7, 11) is 0. The van der Waals surface area contributed by atoms with Crippen LogP contribution in [0.1, 0.15) is 10.6 Å². The van der Waals surface area contributed by atoms with Gasteiger partial charge in [-0.1, -0.05) is 30.3 Å². The summed E-state index contributed by atoms with van der Waals surface area (Å²) in [6.45, 7) is 1.06. The molecule has 1 amide bonds. The number of hydrogen-bond donors (Lipinski definition) is 1. The molecule has 4 rings (SSSR count). The van der Waals surface area contributed by atoms with Gasteiger partial charge in [0.1, 0.15) is 12.4 Å². The Morgan fingerprint density at radius 2 is 2.04 bits per heavy atom. The lowest BCUT2D eigenvalue weighted by Crippen LogP contribution is -2.38. The summed E-state index contributed by atoms with van der Waals surface area (Å²) in [4.78, 5) is 17.0. The van der Waals surface area contributed by atoms with Gasteiger partial charge >= 0.3 is 0 Å². The minimum Gasteiger partial charge on any atom is -0.492 e. The summed E-state index contributed by atoms with van der Waals surface area (Å²) >= 11 is 1.69. The van der Waals surface area contributed by atoms with E-state index in [1.165, 1.54) is 4.70 Å². The van der Waals surface area contributed by atoms with Crippen LogP contribution >= 0.6 is 11.3 Å². The van der Waals surface area contributed by atoms with Gasteiger partial charge in [0.25, 0.3) is 0 Å². The molecule has 0 aliphatic carbocycles. The van der Waals surface area contributed by atoms with Crippen molar-refractivity contribution in [3.8, 4) is 5.75 Å². The van der Waals surface area contributed by atoms with Gasteiger partial charge in [-0.2, -0.15) is 0 Å². The Labute approximate surface area is 144 Å². The van der Waals surface area contributed by atoms with E-state index in [0.29, 0.717) is 13.2 Å². The van der Waals surface area contributed by atoms with Gasteiger partial charge in [0, 0.05) is 13.0 Å². The van der Waals surface area contributed by atoms with Crippen LogP contribution in [0, 0.1) is 5.92 Å². The van der Waals surface area contributed by atoms with E-state index in [1.807, 2.05) is 42.5 Å². The molecule has 1 atom stereocenters. The molecule has 0 radical (unpaired) electrons. The second kappa shape index (κ2) is 6.61. The van der Waals surface area contributed by atoms with Crippen molar-refractivity contribution in [3.05, 3.63) is 59.1 Å². The van der Waals surface area contributed by atoms with E-state index < -0.39 is 0 Å². The molecule has 0 saturated heterocycles. The molecule has 0 saturated carbocycles. The predicted octanol–water partition coefficient (Wildman–Crippen LogP) is 3.21. The fourth-order valence-electron chi connectivity index (χ4n) is 2.96. The van der Waals surface area contributed by atoms with Crippen LogP contribution in [0.2, 0.25) is 0 Å². The van der Waals surface area contributed by atoms with E-state index in [9.17, 15) is 4.79 Å². The van der Waals surface area contributed by atoms with Crippen molar-refractivity contribution in [1.29, 1.82) is 0 Å². The number of ether oxygens (including phenoxy) is 1. The number of hydrogen-bond acceptors (Lipinski definition) is 4. The molecule has 1 N–H and O–H groups in total. The predicted molar refractivity (Wildman–Crippen MR) is 95.5 cm³/mol. The number of carbonyl (C=O) groups excluding carboxylic acids is 1. The molecule has 2 heterocycles. The first-order valence-electron chi connectivity index (χ1n) is 8.12. The van der Waals surface area contributed by atoms with Crippen molar-refractivity contribution in [2.24, 2.45) is 5.92 Å². The highest BCUT2D eigenvalue weighted by Crippen LogP contribution is 2.27. The largest absolute Gasteiger partial charge is 0.492 e. The number of nitrogens with zero attached hydrogens (tertiary/aromatic N) is 1. The Hall–Kier alpha value is -2.40. The number of carbonyl (C=O) groups is 1. The molecule has 0 fully saturated rings. The normalized spacial score (nSPS) is 16.4. The van der Waals surface area contributed by atoms with Crippen LogP contribution in [-0.4, -0.2) is 24.0 Å². The molecule has 3 aromatic rings. The molecule has 122 valence electrons. The molecule has 0 bridgehead atoms. The van der Waals surface area contributed by atoms with Gasteiger partial charge < -0.3 is 10.1 Å². The number of para-hydroxylation sites is 2. The summed E-state index contributed by atoms with van der Waals surface area (Å²) in [6, 6.07) is 16.0. The molecular formula is C19H18N2O2S. The Morgan fingerprint density at radius 1 is 1.21 bits per heavy atom. The third kappa shape index (κ3) is 3.12. The van der Waals surface area contributed by atoms with Gasteiger partial charge in [-0.15, -0.1) is 11.3 Å². The number of thiazole rings is 1. The number of aromatic nitrogens is 1. The van der Waals surface area contributed by atoms with Crippen LogP contribution in [0.3, 0.4) is 0 Å². The Balaban J connectivity index is 1.32. The van der Waals surface area contributed by atoms with E-state index >= 15 is 0 Å². The summed E-state index contributed by atoms with van der Waals surface area (Å²) < 4.78 is 6.88. The van der Waals surface area contributed by atoms with Gasteiger partial charge in [0.05, 0.1) is 21.1 Å². The standard InChI is InChI=1S/C19H18N2O2S/c22-19(14-11-13-5-1-3-7-16(13)23-12-14)20-10-9-18-21-15-6-2-4-8-17(15)24-18/h1-8,14H,9-12H2,(H,20,22). The zero-order valence-electron chi connectivity index (χ0n) is 13.2. The Bertz CT molecular complexity index is 841. The van der Waals surface area contributed by atoms with Crippen LogP contribution < -0.4 is 10.1 Å². The summed E-state index contributed by atoms with van der Waals surface area (Å²) in [5.74, 6) is 0.844. The highest BCUT2D eigenvalue weighted by Gasteiger charge is 2.25. The first-order chi connectivity index (χ1) is 11.8. The Morgan fingerprint density at radius 3 is 2.96 bits per heavy atom. The quantitative estimate of drug-likeness (QED) is 0.795. The third-order valence-corrected chi connectivity index (χ3v) is 5.32. The molecule has 2 aromatic carbocycles. The molecule has 1 aliphatic rings. The average Bonchev–Trinajstić information content (AvgIpc) is 3.04. The summed E-state index contributed by atoms with van der Waals surface area (Å²) in [5.41, 5.74) is 2.14. The van der Waals surface area contributed by atoms with E-state index in [1.54, 1.807) is 11.3 Å². The minimum atomic E-state index is -0.115.